The van der Waals surface area contributed by atoms with E-state index in [2.05, 4.69) is 20.0 Å². The molecule has 1 aliphatic rings. The fourth-order valence-electron chi connectivity index (χ4n) is 2.32. The number of nitrogens with two attached hydrogens (primary N) is 1. The molecular weight excluding hydrogens is 262 g/mol. The molecule has 1 fully saturated rings. The van der Waals surface area contributed by atoms with E-state index in [4.69, 9.17) is 10.3 Å². The Morgan fingerprint density at radius 3 is 2.53 bits per heavy atom. The average molecular weight is 279 g/mol. The largest absolute Gasteiger partial charge is 0.375 e. The topological polar surface area (TPSA) is 81.1 Å². The first kappa shape index (κ1) is 12.4. The van der Waals surface area contributed by atoms with E-state index in [0.717, 1.165) is 23.7 Å². The van der Waals surface area contributed by atoms with Crippen molar-refractivity contribution in [3.8, 4) is 10.8 Å². The minimum atomic E-state index is 0.519. The third-order valence-electron chi connectivity index (χ3n) is 3.31. The third kappa shape index (κ3) is 2.56. The molecule has 102 valence electrons. The van der Waals surface area contributed by atoms with Crippen molar-refractivity contribution in [2.45, 2.75) is 32.6 Å². The maximum Gasteiger partial charge on any atom is 0.271 e. The number of nitrogen functional groups attached to an aromatic ring is 1. The summed E-state index contributed by atoms with van der Waals surface area (Å²) in [7, 11) is 0. The van der Waals surface area contributed by atoms with Gasteiger partial charge in [0.15, 0.2) is 5.13 Å². The van der Waals surface area contributed by atoms with Crippen LogP contribution in [0.1, 0.15) is 31.4 Å². The van der Waals surface area contributed by atoms with Gasteiger partial charge in [-0.1, -0.05) is 24.2 Å². The molecule has 0 amide bonds. The number of rotatable bonds is 2. The first-order valence-electron chi connectivity index (χ1n) is 6.56. The lowest BCUT2D eigenvalue weighted by Gasteiger charge is -2.16. The van der Waals surface area contributed by atoms with Crippen LogP contribution in [0, 0.1) is 6.92 Å². The zero-order valence-corrected chi connectivity index (χ0v) is 11.7. The molecule has 2 N–H and O–H groups in total. The molecule has 0 spiro atoms. The second-order valence-electron chi connectivity index (χ2n) is 4.77. The summed E-state index contributed by atoms with van der Waals surface area (Å²) in [6, 6.07) is 0. The summed E-state index contributed by atoms with van der Waals surface area (Å²) in [4.78, 5) is 11.7. The first-order chi connectivity index (χ1) is 9.24. The Bertz CT molecular complexity index is 556. The Labute approximate surface area is 115 Å². The van der Waals surface area contributed by atoms with Crippen LogP contribution < -0.4 is 10.6 Å². The van der Waals surface area contributed by atoms with Crippen molar-refractivity contribution < 1.29 is 4.52 Å². The summed E-state index contributed by atoms with van der Waals surface area (Å²) in [5.74, 6) is 1.20. The van der Waals surface area contributed by atoms with E-state index >= 15 is 0 Å². The van der Waals surface area contributed by atoms with Gasteiger partial charge in [0.25, 0.3) is 11.8 Å². The van der Waals surface area contributed by atoms with E-state index in [9.17, 15) is 0 Å². The van der Waals surface area contributed by atoms with Crippen LogP contribution in [0.2, 0.25) is 0 Å². The third-order valence-corrected chi connectivity index (χ3v) is 4.29. The normalized spacial score (nSPS) is 16.6. The van der Waals surface area contributed by atoms with Crippen molar-refractivity contribution in [1.29, 1.82) is 0 Å². The molecule has 1 saturated heterocycles. The number of aryl methyl sites for hydroxylation is 1. The molecular formula is C12H17N5OS. The van der Waals surface area contributed by atoms with E-state index < -0.39 is 0 Å². The molecule has 0 bridgehead atoms. The highest BCUT2D eigenvalue weighted by atomic mass is 32.1. The number of hydrogen-bond donors (Lipinski definition) is 1. The molecule has 0 aliphatic carbocycles. The molecule has 3 rings (SSSR count). The molecule has 0 saturated carbocycles. The van der Waals surface area contributed by atoms with Crippen molar-refractivity contribution >= 4 is 22.4 Å². The maximum absolute atomic E-state index is 5.69. The predicted molar refractivity (Wildman–Crippen MR) is 75.2 cm³/mol. The molecule has 3 heterocycles. The Morgan fingerprint density at radius 2 is 1.89 bits per heavy atom. The monoisotopic (exact) mass is 279 g/mol. The molecule has 19 heavy (non-hydrogen) atoms. The number of thiazole rings is 1. The van der Waals surface area contributed by atoms with Crippen LogP contribution >= 0.6 is 11.3 Å². The smallest absolute Gasteiger partial charge is 0.271 e. The van der Waals surface area contributed by atoms with Gasteiger partial charge in [0.05, 0.1) is 5.69 Å². The standard InChI is InChI=1S/C12H17N5OS/c1-8-9(19-11(13)14-8)10-15-12(16-18-10)17-6-4-2-3-5-7-17/h2-7H2,1H3,(H2,13,14). The zero-order chi connectivity index (χ0) is 13.2. The van der Waals surface area contributed by atoms with E-state index in [1.54, 1.807) is 0 Å². The van der Waals surface area contributed by atoms with Crippen molar-refractivity contribution in [1.82, 2.24) is 15.1 Å². The second kappa shape index (κ2) is 5.16. The molecule has 1 aliphatic heterocycles. The summed E-state index contributed by atoms with van der Waals surface area (Å²) < 4.78 is 5.35. The molecule has 0 atom stereocenters. The lowest BCUT2D eigenvalue weighted by Crippen LogP contribution is -2.24. The van der Waals surface area contributed by atoms with Gasteiger partial charge in [0, 0.05) is 13.1 Å². The molecule has 6 nitrogen and oxygen atoms in total. The van der Waals surface area contributed by atoms with Gasteiger partial charge in [0.2, 0.25) is 0 Å². The van der Waals surface area contributed by atoms with Gasteiger partial charge >= 0.3 is 0 Å². The van der Waals surface area contributed by atoms with Crippen molar-refractivity contribution in [2.24, 2.45) is 0 Å². The van der Waals surface area contributed by atoms with E-state index in [1.807, 2.05) is 6.92 Å². The van der Waals surface area contributed by atoms with Crippen molar-refractivity contribution in [3.63, 3.8) is 0 Å². The molecule has 2 aromatic rings. The minimum absolute atomic E-state index is 0.519. The molecule has 0 radical (unpaired) electrons. The summed E-state index contributed by atoms with van der Waals surface area (Å²) in [5.41, 5.74) is 6.54. The number of aromatic nitrogens is 3. The highest BCUT2D eigenvalue weighted by molar-refractivity contribution is 7.18. The Kier molecular flexibility index (Phi) is 3.37. The van der Waals surface area contributed by atoms with Crippen LogP contribution in [0.25, 0.3) is 10.8 Å². The van der Waals surface area contributed by atoms with Crippen molar-refractivity contribution in [2.75, 3.05) is 23.7 Å². The molecule has 0 aromatic carbocycles. The van der Waals surface area contributed by atoms with Gasteiger partial charge in [-0.2, -0.15) is 4.98 Å². The van der Waals surface area contributed by atoms with Crippen LogP contribution in [0.5, 0.6) is 0 Å². The van der Waals surface area contributed by atoms with E-state index in [-0.39, 0.29) is 0 Å². The van der Waals surface area contributed by atoms with E-state index in [0.29, 0.717) is 17.0 Å². The van der Waals surface area contributed by atoms with Crippen LogP contribution in [-0.2, 0) is 0 Å². The molecule has 7 heteroatoms. The highest BCUT2D eigenvalue weighted by Gasteiger charge is 2.19. The van der Waals surface area contributed by atoms with Gasteiger partial charge in [-0.15, -0.1) is 0 Å². The lowest BCUT2D eigenvalue weighted by molar-refractivity contribution is 0.429. The Hall–Kier alpha value is -1.63. The number of anilines is 2. The van der Waals surface area contributed by atoms with Crippen LogP contribution in [0.4, 0.5) is 11.1 Å². The molecule has 2 aromatic heterocycles. The van der Waals surface area contributed by atoms with Gasteiger partial charge < -0.3 is 15.2 Å². The lowest BCUT2D eigenvalue weighted by atomic mass is 10.2. The van der Waals surface area contributed by atoms with E-state index in [1.165, 1.54) is 37.0 Å². The fraction of sp³-hybridized carbons (Fsp3) is 0.583. The summed E-state index contributed by atoms with van der Waals surface area (Å²) in [5, 5.41) is 4.62. The fourth-order valence-corrected chi connectivity index (χ4v) is 3.08. The van der Waals surface area contributed by atoms with Gasteiger partial charge in [-0.3, -0.25) is 0 Å². The number of nitrogens with zero attached hydrogens (tertiary/aromatic N) is 4. The average Bonchev–Trinajstić information content (AvgIpc) is 2.88. The minimum Gasteiger partial charge on any atom is -0.375 e. The first-order valence-corrected chi connectivity index (χ1v) is 7.37. The van der Waals surface area contributed by atoms with Gasteiger partial charge in [-0.25, -0.2) is 4.98 Å². The maximum atomic E-state index is 5.69. The Balaban J connectivity index is 1.84. The Morgan fingerprint density at radius 1 is 1.16 bits per heavy atom. The second-order valence-corrected chi connectivity index (χ2v) is 5.80. The van der Waals surface area contributed by atoms with Gasteiger partial charge in [0.1, 0.15) is 4.88 Å². The zero-order valence-electron chi connectivity index (χ0n) is 10.9. The number of hydrogen-bond acceptors (Lipinski definition) is 7. The summed E-state index contributed by atoms with van der Waals surface area (Å²) >= 11 is 1.38. The quantitative estimate of drug-likeness (QED) is 0.909. The predicted octanol–water partition coefficient (Wildman–Crippen LogP) is 2.46. The van der Waals surface area contributed by atoms with Crippen LogP contribution in [0.15, 0.2) is 4.52 Å². The van der Waals surface area contributed by atoms with Crippen LogP contribution in [0.3, 0.4) is 0 Å². The van der Waals surface area contributed by atoms with Gasteiger partial charge in [-0.05, 0) is 24.9 Å². The van der Waals surface area contributed by atoms with Crippen LogP contribution in [-0.4, -0.2) is 28.2 Å². The highest BCUT2D eigenvalue weighted by Crippen LogP contribution is 2.31. The SMILES string of the molecule is Cc1nc(N)sc1-c1nc(N2CCCCCC2)no1. The summed E-state index contributed by atoms with van der Waals surface area (Å²) in [6.45, 7) is 3.91. The summed E-state index contributed by atoms with van der Waals surface area (Å²) in [6.07, 6.45) is 4.95. The van der Waals surface area contributed by atoms with Crippen molar-refractivity contribution in [3.05, 3.63) is 5.69 Å². The molecule has 0 unspecified atom stereocenters.